The van der Waals surface area contributed by atoms with Crippen LogP contribution in [0.15, 0.2) is 30.6 Å². The van der Waals surface area contributed by atoms with E-state index in [0.29, 0.717) is 23.0 Å². The number of aromatic nitrogens is 2. The predicted molar refractivity (Wildman–Crippen MR) is 112 cm³/mol. The molecule has 152 valence electrons. The van der Waals surface area contributed by atoms with Crippen molar-refractivity contribution < 1.29 is 17.9 Å². The van der Waals surface area contributed by atoms with E-state index in [2.05, 4.69) is 20.0 Å². The van der Waals surface area contributed by atoms with Crippen LogP contribution in [0.25, 0.3) is 0 Å². The first kappa shape index (κ1) is 21.8. The predicted octanol–water partition coefficient (Wildman–Crippen LogP) is 2.61. The molecule has 28 heavy (non-hydrogen) atoms. The van der Waals surface area contributed by atoms with Gasteiger partial charge in [0.05, 0.1) is 19.5 Å². The summed E-state index contributed by atoms with van der Waals surface area (Å²) < 4.78 is 38.5. The summed E-state index contributed by atoms with van der Waals surface area (Å²) in [5, 5.41) is 1.94. The lowest BCUT2D eigenvalue weighted by Crippen LogP contribution is -2.41. The molecule has 0 aliphatic heterocycles. The summed E-state index contributed by atoms with van der Waals surface area (Å²) in [4.78, 5) is 8.44. The molecule has 1 heterocycles. The third-order valence-corrected chi connectivity index (χ3v) is 6.51. The van der Waals surface area contributed by atoms with Gasteiger partial charge in [0, 0.05) is 18.3 Å². The van der Waals surface area contributed by atoms with Gasteiger partial charge in [-0.15, -0.1) is 0 Å². The van der Waals surface area contributed by atoms with Gasteiger partial charge in [0.25, 0.3) is 0 Å². The van der Waals surface area contributed by atoms with Crippen LogP contribution >= 0.6 is 12.2 Å². The number of rotatable bonds is 7. The van der Waals surface area contributed by atoms with Crippen molar-refractivity contribution in [2.75, 3.05) is 19.5 Å². The van der Waals surface area contributed by atoms with E-state index in [1.807, 2.05) is 6.92 Å². The van der Waals surface area contributed by atoms with Crippen LogP contribution < -0.4 is 19.5 Å². The smallest absolute Gasteiger partial charge is 0.237 e. The fourth-order valence-electron chi connectivity index (χ4n) is 2.45. The van der Waals surface area contributed by atoms with Crippen molar-refractivity contribution in [2.45, 2.75) is 31.9 Å². The largest absolute Gasteiger partial charge is 0.494 e. The first-order valence-corrected chi connectivity index (χ1v) is 10.5. The fourth-order valence-corrected chi connectivity index (χ4v) is 4.06. The van der Waals surface area contributed by atoms with Crippen molar-refractivity contribution in [3.8, 4) is 11.5 Å². The fraction of sp³-hybridized carbons (Fsp3) is 0.389. The Bertz CT molecular complexity index is 911. The van der Waals surface area contributed by atoms with Crippen LogP contribution in [-0.4, -0.2) is 43.0 Å². The molecule has 0 amide bonds. The van der Waals surface area contributed by atoms with Gasteiger partial charge in [-0.05, 0) is 43.8 Å². The molecule has 8 nitrogen and oxygen atoms in total. The number of hydrogen-bond acceptors (Lipinski definition) is 7. The lowest BCUT2D eigenvalue weighted by atomic mass is 10.1. The minimum atomic E-state index is -3.79. The van der Waals surface area contributed by atoms with Crippen LogP contribution in [0.3, 0.4) is 0 Å². The molecule has 0 radical (unpaired) electrons. The number of benzene rings is 1. The van der Waals surface area contributed by atoms with E-state index in [1.54, 1.807) is 44.4 Å². The number of thiocarbonyl (C=S) groups is 1. The normalized spacial score (nSPS) is 13.3. The van der Waals surface area contributed by atoms with E-state index in [-0.39, 0.29) is 5.11 Å². The van der Waals surface area contributed by atoms with Crippen molar-refractivity contribution in [1.29, 1.82) is 0 Å². The minimum Gasteiger partial charge on any atom is -0.494 e. The van der Waals surface area contributed by atoms with Gasteiger partial charge >= 0.3 is 0 Å². The quantitative estimate of drug-likeness (QED) is 0.654. The molecular weight excluding hydrogens is 400 g/mol. The zero-order chi connectivity index (χ0) is 20.9. The van der Waals surface area contributed by atoms with Gasteiger partial charge in [-0.1, -0.05) is 13.0 Å². The number of ether oxygens (including phenoxy) is 2. The molecule has 0 saturated carbocycles. The molecule has 10 heteroatoms. The maximum absolute atomic E-state index is 12.8. The summed E-state index contributed by atoms with van der Waals surface area (Å²) in [6, 6.07) is 5.17. The molecule has 2 rings (SSSR count). The van der Waals surface area contributed by atoms with Gasteiger partial charge in [-0.3, -0.25) is 4.72 Å². The Hall–Kier alpha value is -2.46. The van der Waals surface area contributed by atoms with Gasteiger partial charge < -0.3 is 14.8 Å². The number of methoxy groups -OCH3 is 2. The van der Waals surface area contributed by atoms with E-state index < -0.39 is 21.2 Å². The molecule has 1 aromatic carbocycles. The summed E-state index contributed by atoms with van der Waals surface area (Å²) in [5.41, 5.74) is 1.34. The summed E-state index contributed by atoms with van der Waals surface area (Å²) in [6.07, 6.45) is 3.32. The maximum atomic E-state index is 12.8. The monoisotopic (exact) mass is 424 g/mol. The molecule has 0 fully saturated rings. The third-order valence-electron chi connectivity index (χ3n) is 4.30. The lowest BCUT2D eigenvalue weighted by Gasteiger charge is -2.21. The standard InChI is InChI=1S/C18H24N4O4S2/c1-11-9-19-17(20-10-11)12(2)13(3)28(23,24)22-18(27)21-16-14(25-4)7-6-8-15(16)26-5/h6-10,12-13H,1-5H3,(H2,21,22,27). The summed E-state index contributed by atoms with van der Waals surface area (Å²) in [5.74, 6) is 0.959. The van der Waals surface area contributed by atoms with Crippen LogP contribution in [0.2, 0.25) is 0 Å². The van der Waals surface area contributed by atoms with Crippen LogP contribution in [0.5, 0.6) is 11.5 Å². The van der Waals surface area contributed by atoms with Crippen molar-refractivity contribution >= 4 is 33.0 Å². The van der Waals surface area contributed by atoms with E-state index in [4.69, 9.17) is 21.7 Å². The Morgan fingerprint density at radius 1 is 1.11 bits per heavy atom. The first-order chi connectivity index (χ1) is 13.2. The maximum Gasteiger partial charge on any atom is 0.237 e. The first-order valence-electron chi connectivity index (χ1n) is 8.51. The SMILES string of the molecule is COc1cccc(OC)c1NC(=S)NS(=O)(=O)C(C)C(C)c1ncc(C)cn1. The molecule has 1 aromatic heterocycles. The highest BCUT2D eigenvalue weighted by molar-refractivity contribution is 7.92. The second kappa shape index (κ2) is 9.16. The lowest BCUT2D eigenvalue weighted by molar-refractivity contribution is 0.398. The number of nitrogens with zero attached hydrogens (tertiary/aromatic N) is 2. The second-order valence-corrected chi connectivity index (χ2v) is 8.70. The average Bonchev–Trinajstić information content (AvgIpc) is 2.67. The van der Waals surface area contributed by atoms with Crippen molar-refractivity contribution in [2.24, 2.45) is 0 Å². The van der Waals surface area contributed by atoms with Gasteiger partial charge in [0.15, 0.2) is 5.11 Å². The highest BCUT2D eigenvalue weighted by Crippen LogP contribution is 2.34. The molecule has 0 aliphatic carbocycles. The average molecular weight is 425 g/mol. The van der Waals surface area contributed by atoms with Crippen molar-refractivity contribution in [3.63, 3.8) is 0 Å². The zero-order valence-corrected chi connectivity index (χ0v) is 18.0. The molecule has 2 aromatic rings. The van der Waals surface area contributed by atoms with E-state index >= 15 is 0 Å². The third kappa shape index (κ3) is 5.08. The van der Waals surface area contributed by atoms with Gasteiger partial charge in [-0.25, -0.2) is 18.4 Å². The Labute approximate surface area is 170 Å². The van der Waals surface area contributed by atoms with E-state index in [0.717, 1.165) is 5.56 Å². The van der Waals surface area contributed by atoms with Crippen molar-refractivity contribution in [3.05, 3.63) is 42.0 Å². The molecule has 0 saturated heterocycles. The number of nitrogens with one attached hydrogen (secondary N) is 2. The zero-order valence-electron chi connectivity index (χ0n) is 16.4. The molecule has 0 aliphatic rings. The number of para-hydroxylation sites is 1. The second-order valence-electron chi connectivity index (χ2n) is 6.25. The Balaban J connectivity index is 2.15. The molecule has 2 atom stereocenters. The van der Waals surface area contributed by atoms with Crippen molar-refractivity contribution in [1.82, 2.24) is 14.7 Å². The minimum absolute atomic E-state index is 0.0910. The number of aryl methyl sites for hydroxylation is 1. The highest BCUT2D eigenvalue weighted by Gasteiger charge is 2.30. The number of anilines is 1. The summed E-state index contributed by atoms with van der Waals surface area (Å²) in [6.45, 7) is 5.21. The molecule has 0 spiro atoms. The van der Waals surface area contributed by atoms with Crippen LogP contribution in [0.4, 0.5) is 5.69 Å². The van der Waals surface area contributed by atoms with Gasteiger partial charge in [0.1, 0.15) is 23.0 Å². The van der Waals surface area contributed by atoms with E-state index in [1.165, 1.54) is 14.2 Å². The number of sulfonamides is 1. The topological polar surface area (TPSA) is 102 Å². The molecule has 0 bridgehead atoms. The Kier molecular flexibility index (Phi) is 7.14. The number of hydrogen-bond donors (Lipinski definition) is 2. The Morgan fingerprint density at radius 2 is 1.64 bits per heavy atom. The van der Waals surface area contributed by atoms with Gasteiger partial charge in [0.2, 0.25) is 10.0 Å². The molecule has 2 N–H and O–H groups in total. The van der Waals surface area contributed by atoms with E-state index in [9.17, 15) is 8.42 Å². The molecule has 2 unspecified atom stereocenters. The molecular formula is C18H24N4O4S2. The van der Waals surface area contributed by atoms with Crippen LogP contribution in [0, 0.1) is 6.92 Å². The summed E-state index contributed by atoms with van der Waals surface area (Å²) in [7, 11) is -0.795. The Morgan fingerprint density at radius 3 is 2.14 bits per heavy atom. The van der Waals surface area contributed by atoms with Crippen LogP contribution in [-0.2, 0) is 10.0 Å². The summed E-state index contributed by atoms with van der Waals surface area (Å²) >= 11 is 5.20. The van der Waals surface area contributed by atoms with Crippen LogP contribution in [0.1, 0.15) is 31.2 Å². The van der Waals surface area contributed by atoms with Gasteiger partial charge in [-0.2, -0.15) is 0 Å². The highest BCUT2D eigenvalue weighted by atomic mass is 32.2.